The fourth-order valence-corrected chi connectivity index (χ4v) is 6.35. The first kappa shape index (κ1) is 15.3. The molecule has 1 aliphatic carbocycles. The van der Waals surface area contributed by atoms with Gasteiger partial charge in [-0.25, -0.2) is 8.42 Å². The van der Waals surface area contributed by atoms with E-state index in [2.05, 4.69) is 31.9 Å². The number of nitrogens with two attached hydrogens (primary N) is 1. The highest BCUT2D eigenvalue weighted by atomic mass is 79.9. The van der Waals surface area contributed by atoms with E-state index in [1.807, 2.05) is 6.92 Å². The summed E-state index contributed by atoms with van der Waals surface area (Å²) in [5, 5.41) is 0. The van der Waals surface area contributed by atoms with E-state index in [4.69, 9.17) is 5.73 Å². The maximum absolute atomic E-state index is 12.8. The fourth-order valence-electron chi connectivity index (χ4n) is 2.03. The minimum absolute atomic E-state index is 0.154. The zero-order valence-electron chi connectivity index (χ0n) is 10.6. The number of nitrogen functional groups attached to an aromatic ring is 1. The quantitative estimate of drug-likeness (QED) is 0.755. The Balaban J connectivity index is 2.49. The lowest BCUT2D eigenvalue weighted by atomic mass is 10.3. The summed E-state index contributed by atoms with van der Waals surface area (Å²) < 4.78 is 28.2. The molecule has 0 amide bonds. The van der Waals surface area contributed by atoms with E-state index in [0.717, 1.165) is 19.3 Å². The standard InChI is InChI=1S/C12H16Br2N2O2S/c1-2-5-16(9-3-4-9)19(17,18)12-10(13)6-8(15)7-11(12)14/h6-7,9H,2-5,15H2,1H3. The molecule has 0 aliphatic heterocycles. The smallest absolute Gasteiger partial charge is 0.245 e. The zero-order valence-corrected chi connectivity index (χ0v) is 14.6. The van der Waals surface area contributed by atoms with Crippen molar-refractivity contribution < 1.29 is 8.42 Å². The van der Waals surface area contributed by atoms with Crippen LogP contribution < -0.4 is 5.73 Å². The third-order valence-electron chi connectivity index (χ3n) is 2.99. The predicted octanol–water partition coefficient (Wildman–Crippen LogP) is 3.36. The van der Waals surface area contributed by atoms with Crippen molar-refractivity contribution in [2.24, 2.45) is 0 Å². The van der Waals surface area contributed by atoms with Gasteiger partial charge in [0.25, 0.3) is 0 Å². The number of halogens is 2. The van der Waals surface area contributed by atoms with E-state index >= 15 is 0 Å². The van der Waals surface area contributed by atoms with Crippen LogP contribution in [-0.4, -0.2) is 25.3 Å². The number of hydrogen-bond acceptors (Lipinski definition) is 3. The van der Waals surface area contributed by atoms with Crippen LogP contribution in [0.1, 0.15) is 26.2 Å². The van der Waals surface area contributed by atoms with Crippen LogP contribution in [0.3, 0.4) is 0 Å². The normalized spacial score (nSPS) is 16.0. The number of sulfonamides is 1. The highest BCUT2D eigenvalue weighted by Gasteiger charge is 2.39. The lowest BCUT2D eigenvalue weighted by Crippen LogP contribution is -2.34. The monoisotopic (exact) mass is 410 g/mol. The van der Waals surface area contributed by atoms with E-state index in [-0.39, 0.29) is 10.9 Å². The van der Waals surface area contributed by atoms with Crippen molar-refractivity contribution >= 4 is 47.6 Å². The lowest BCUT2D eigenvalue weighted by Gasteiger charge is -2.22. The van der Waals surface area contributed by atoms with Crippen molar-refractivity contribution in [1.29, 1.82) is 0 Å². The molecule has 0 radical (unpaired) electrons. The second kappa shape index (κ2) is 5.71. The molecule has 1 saturated carbocycles. The molecule has 7 heteroatoms. The third kappa shape index (κ3) is 3.15. The largest absolute Gasteiger partial charge is 0.399 e. The molecule has 4 nitrogen and oxygen atoms in total. The molecule has 0 atom stereocenters. The van der Waals surface area contributed by atoms with E-state index < -0.39 is 10.0 Å². The van der Waals surface area contributed by atoms with Gasteiger partial charge in [0.1, 0.15) is 4.90 Å². The van der Waals surface area contributed by atoms with Gasteiger partial charge < -0.3 is 5.73 Å². The Labute approximate surface area is 130 Å². The molecule has 0 heterocycles. The van der Waals surface area contributed by atoms with Crippen LogP contribution >= 0.6 is 31.9 Å². The zero-order chi connectivity index (χ0) is 14.2. The first-order valence-corrected chi connectivity index (χ1v) is 9.17. The van der Waals surface area contributed by atoms with Gasteiger partial charge in [0.05, 0.1) is 0 Å². The Morgan fingerprint density at radius 1 is 1.32 bits per heavy atom. The lowest BCUT2D eigenvalue weighted by molar-refractivity contribution is 0.403. The average molecular weight is 412 g/mol. The van der Waals surface area contributed by atoms with E-state index in [0.29, 0.717) is 21.2 Å². The maximum atomic E-state index is 12.8. The van der Waals surface area contributed by atoms with Gasteiger partial charge in [0.2, 0.25) is 10.0 Å². The molecule has 1 aromatic carbocycles. The molecule has 1 aliphatic rings. The van der Waals surface area contributed by atoms with Crippen LogP contribution in [0.5, 0.6) is 0 Å². The Kier molecular flexibility index (Phi) is 4.59. The van der Waals surface area contributed by atoms with Crippen LogP contribution in [0.25, 0.3) is 0 Å². The van der Waals surface area contributed by atoms with Crippen molar-refractivity contribution in [3.8, 4) is 0 Å². The summed E-state index contributed by atoms with van der Waals surface area (Å²) in [6.45, 7) is 2.54. The third-order valence-corrected chi connectivity index (χ3v) is 6.82. The van der Waals surface area contributed by atoms with Crippen LogP contribution in [0.4, 0.5) is 5.69 Å². The van der Waals surface area contributed by atoms with Crippen LogP contribution in [0.15, 0.2) is 26.0 Å². The van der Waals surface area contributed by atoms with Crippen molar-refractivity contribution in [2.75, 3.05) is 12.3 Å². The highest BCUT2D eigenvalue weighted by Crippen LogP contribution is 2.38. The molecule has 2 N–H and O–H groups in total. The van der Waals surface area contributed by atoms with Crippen molar-refractivity contribution in [3.05, 3.63) is 21.1 Å². The summed E-state index contributed by atoms with van der Waals surface area (Å²) >= 11 is 6.61. The SMILES string of the molecule is CCCN(C1CC1)S(=O)(=O)c1c(Br)cc(N)cc1Br. The minimum Gasteiger partial charge on any atom is -0.399 e. The van der Waals surface area contributed by atoms with Crippen LogP contribution in [0.2, 0.25) is 0 Å². The van der Waals surface area contributed by atoms with Crippen LogP contribution in [-0.2, 0) is 10.0 Å². The van der Waals surface area contributed by atoms with E-state index in [9.17, 15) is 8.42 Å². The van der Waals surface area contributed by atoms with Gasteiger partial charge in [0.15, 0.2) is 0 Å². The molecule has 0 bridgehead atoms. The minimum atomic E-state index is -3.49. The van der Waals surface area contributed by atoms with Gasteiger partial charge in [-0.2, -0.15) is 4.31 Å². The molecular formula is C12H16Br2N2O2S. The van der Waals surface area contributed by atoms with E-state index in [1.54, 1.807) is 16.4 Å². The molecule has 1 aromatic rings. The first-order chi connectivity index (χ1) is 8.87. The highest BCUT2D eigenvalue weighted by molar-refractivity contribution is 9.11. The molecule has 1 fully saturated rings. The van der Waals surface area contributed by atoms with Crippen LogP contribution in [0, 0.1) is 0 Å². The molecule has 106 valence electrons. The summed E-state index contributed by atoms with van der Waals surface area (Å²) in [5.41, 5.74) is 6.23. The second-order valence-corrected chi connectivity index (χ2v) is 8.20. The van der Waals surface area contributed by atoms with Crippen molar-refractivity contribution in [1.82, 2.24) is 4.31 Å². The molecule has 0 aromatic heterocycles. The Morgan fingerprint density at radius 2 is 1.84 bits per heavy atom. The number of anilines is 1. The number of nitrogens with zero attached hydrogens (tertiary/aromatic N) is 1. The number of hydrogen-bond donors (Lipinski definition) is 1. The van der Waals surface area contributed by atoms with Crippen molar-refractivity contribution in [3.63, 3.8) is 0 Å². The van der Waals surface area contributed by atoms with Gasteiger partial charge in [-0.3, -0.25) is 0 Å². The van der Waals surface area contributed by atoms with E-state index in [1.165, 1.54) is 0 Å². The summed E-state index contributed by atoms with van der Waals surface area (Å²) in [7, 11) is -3.49. The molecule has 0 spiro atoms. The summed E-state index contributed by atoms with van der Waals surface area (Å²) in [6.07, 6.45) is 2.70. The summed E-state index contributed by atoms with van der Waals surface area (Å²) in [5.74, 6) is 0. The first-order valence-electron chi connectivity index (χ1n) is 6.14. The molecular weight excluding hydrogens is 396 g/mol. The number of rotatable bonds is 5. The summed E-state index contributed by atoms with van der Waals surface area (Å²) in [4.78, 5) is 0.266. The van der Waals surface area contributed by atoms with Gasteiger partial charge in [-0.05, 0) is 63.3 Å². The maximum Gasteiger partial charge on any atom is 0.245 e. The second-order valence-electron chi connectivity index (χ2n) is 4.66. The average Bonchev–Trinajstić information content (AvgIpc) is 3.07. The molecule has 0 saturated heterocycles. The molecule has 2 rings (SSSR count). The van der Waals surface area contributed by atoms with Crippen molar-refractivity contribution in [2.45, 2.75) is 37.1 Å². The topological polar surface area (TPSA) is 63.4 Å². The van der Waals surface area contributed by atoms with Gasteiger partial charge >= 0.3 is 0 Å². The number of benzene rings is 1. The van der Waals surface area contributed by atoms with Gasteiger partial charge in [0, 0.05) is 27.2 Å². The predicted molar refractivity (Wildman–Crippen MR) is 83.5 cm³/mol. The molecule has 0 unspecified atom stereocenters. The van der Waals surface area contributed by atoms with Gasteiger partial charge in [-0.1, -0.05) is 6.92 Å². The Bertz CT molecular complexity index is 562. The fraction of sp³-hybridized carbons (Fsp3) is 0.500. The van der Waals surface area contributed by atoms with Gasteiger partial charge in [-0.15, -0.1) is 0 Å². The summed E-state index contributed by atoms with van der Waals surface area (Å²) in [6, 6.07) is 3.39. The Hall–Kier alpha value is -0.110. The Morgan fingerprint density at radius 3 is 2.26 bits per heavy atom. The molecule has 19 heavy (non-hydrogen) atoms.